The molecule has 108 valence electrons. The van der Waals surface area contributed by atoms with E-state index in [0.717, 1.165) is 5.56 Å². The molecule has 2 rings (SSSR count). The van der Waals surface area contributed by atoms with E-state index in [1.165, 1.54) is 0 Å². The number of nitrogens with one attached hydrogen (secondary N) is 1. The van der Waals surface area contributed by atoms with Crippen LogP contribution in [0, 0.1) is 13.8 Å². The molecule has 1 amide bonds. The van der Waals surface area contributed by atoms with Crippen LogP contribution in [-0.4, -0.2) is 28.3 Å². The summed E-state index contributed by atoms with van der Waals surface area (Å²) in [5.74, 6) is 0.212. The van der Waals surface area contributed by atoms with Crippen molar-refractivity contribution in [1.82, 2.24) is 10.5 Å². The highest BCUT2D eigenvalue weighted by Gasteiger charge is 2.24. The average molecular weight is 294 g/mol. The number of thiophene rings is 1. The Morgan fingerprint density at radius 2 is 2.30 bits per heavy atom. The Morgan fingerprint density at radius 1 is 1.55 bits per heavy atom. The van der Waals surface area contributed by atoms with Gasteiger partial charge in [0.25, 0.3) is 5.91 Å². The first-order chi connectivity index (χ1) is 9.39. The summed E-state index contributed by atoms with van der Waals surface area (Å²) in [5, 5.41) is 20.8. The number of amides is 1. The van der Waals surface area contributed by atoms with Crippen molar-refractivity contribution in [2.24, 2.45) is 0 Å². The van der Waals surface area contributed by atoms with Crippen molar-refractivity contribution in [3.63, 3.8) is 0 Å². The van der Waals surface area contributed by atoms with Gasteiger partial charge in [-0.25, -0.2) is 0 Å². The minimum absolute atomic E-state index is 0.172. The Balaban J connectivity index is 1.96. The second kappa shape index (κ2) is 5.76. The van der Waals surface area contributed by atoms with E-state index in [0.29, 0.717) is 23.4 Å². The fourth-order valence-electron chi connectivity index (χ4n) is 2.06. The third kappa shape index (κ3) is 3.46. The summed E-state index contributed by atoms with van der Waals surface area (Å²) >= 11 is 1.59. The number of carbonyl (C=O) groups excluding carboxylic acids is 1. The number of rotatable bonds is 5. The zero-order chi connectivity index (χ0) is 14.8. The lowest BCUT2D eigenvalue weighted by atomic mass is 9.98. The molecular formula is C14H18N2O3S. The maximum Gasteiger partial charge on any atom is 0.256 e. The molecule has 20 heavy (non-hydrogen) atoms. The Kier molecular flexibility index (Phi) is 4.25. The van der Waals surface area contributed by atoms with Gasteiger partial charge in [-0.2, -0.15) is 11.3 Å². The Hall–Kier alpha value is -1.66. The van der Waals surface area contributed by atoms with Gasteiger partial charge in [-0.15, -0.1) is 0 Å². The predicted octanol–water partition coefficient (Wildman–Crippen LogP) is 2.08. The van der Waals surface area contributed by atoms with Gasteiger partial charge in [0.2, 0.25) is 0 Å². The summed E-state index contributed by atoms with van der Waals surface area (Å²) in [6.45, 7) is 5.29. The highest BCUT2D eigenvalue weighted by atomic mass is 32.1. The Labute approximate surface area is 121 Å². The lowest BCUT2D eigenvalue weighted by Gasteiger charge is -2.23. The largest absolute Gasteiger partial charge is 0.388 e. The summed E-state index contributed by atoms with van der Waals surface area (Å²) in [5.41, 5.74) is 1.07. The van der Waals surface area contributed by atoms with Gasteiger partial charge in [0.15, 0.2) is 0 Å². The standard InChI is InChI=1S/C14H18N2O3S/c1-9-12(10(2)19-16-9)13(17)15-8-14(3,18)6-11-4-5-20-7-11/h4-5,7,18H,6,8H2,1-3H3,(H,15,17). The van der Waals surface area contributed by atoms with Crippen molar-refractivity contribution in [3.05, 3.63) is 39.4 Å². The third-order valence-electron chi connectivity index (χ3n) is 3.06. The zero-order valence-corrected chi connectivity index (χ0v) is 12.6. The van der Waals surface area contributed by atoms with Crippen molar-refractivity contribution >= 4 is 17.2 Å². The number of aromatic nitrogens is 1. The fourth-order valence-corrected chi connectivity index (χ4v) is 2.73. The van der Waals surface area contributed by atoms with E-state index in [-0.39, 0.29) is 12.5 Å². The van der Waals surface area contributed by atoms with Crippen LogP contribution >= 0.6 is 11.3 Å². The van der Waals surface area contributed by atoms with Crippen LogP contribution in [0.4, 0.5) is 0 Å². The van der Waals surface area contributed by atoms with Crippen LogP contribution in [0.5, 0.6) is 0 Å². The molecule has 0 spiro atoms. The lowest BCUT2D eigenvalue weighted by molar-refractivity contribution is 0.0553. The second-order valence-electron chi connectivity index (χ2n) is 5.19. The van der Waals surface area contributed by atoms with Gasteiger partial charge in [-0.05, 0) is 43.2 Å². The third-order valence-corrected chi connectivity index (χ3v) is 3.79. The highest BCUT2D eigenvalue weighted by Crippen LogP contribution is 2.16. The second-order valence-corrected chi connectivity index (χ2v) is 5.97. The number of hydrogen-bond donors (Lipinski definition) is 2. The lowest BCUT2D eigenvalue weighted by Crippen LogP contribution is -2.42. The molecule has 6 heteroatoms. The smallest absolute Gasteiger partial charge is 0.256 e. The summed E-state index contributed by atoms with van der Waals surface area (Å²) in [4.78, 5) is 12.1. The highest BCUT2D eigenvalue weighted by molar-refractivity contribution is 7.07. The van der Waals surface area contributed by atoms with Crippen LogP contribution < -0.4 is 5.32 Å². The number of carbonyl (C=O) groups is 1. The van der Waals surface area contributed by atoms with Crippen molar-refractivity contribution in [1.29, 1.82) is 0 Å². The topological polar surface area (TPSA) is 75.4 Å². The van der Waals surface area contributed by atoms with E-state index in [9.17, 15) is 9.90 Å². The molecule has 5 nitrogen and oxygen atoms in total. The molecule has 2 aromatic heterocycles. The van der Waals surface area contributed by atoms with Gasteiger partial charge in [-0.1, -0.05) is 5.16 Å². The molecule has 0 bridgehead atoms. The van der Waals surface area contributed by atoms with E-state index < -0.39 is 5.60 Å². The zero-order valence-electron chi connectivity index (χ0n) is 11.8. The first-order valence-corrected chi connectivity index (χ1v) is 7.28. The van der Waals surface area contributed by atoms with Gasteiger partial charge < -0.3 is 14.9 Å². The quantitative estimate of drug-likeness (QED) is 0.885. The van der Waals surface area contributed by atoms with Crippen LogP contribution in [0.1, 0.15) is 34.3 Å². The molecule has 0 fully saturated rings. The van der Waals surface area contributed by atoms with Crippen LogP contribution in [0.3, 0.4) is 0 Å². The van der Waals surface area contributed by atoms with Crippen molar-refractivity contribution in [3.8, 4) is 0 Å². The minimum Gasteiger partial charge on any atom is -0.388 e. The van der Waals surface area contributed by atoms with Gasteiger partial charge >= 0.3 is 0 Å². The van der Waals surface area contributed by atoms with E-state index in [1.54, 1.807) is 32.1 Å². The predicted molar refractivity (Wildman–Crippen MR) is 77.0 cm³/mol. The fraction of sp³-hybridized carbons (Fsp3) is 0.429. The van der Waals surface area contributed by atoms with Crippen LogP contribution in [0.2, 0.25) is 0 Å². The van der Waals surface area contributed by atoms with E-state index in [2.05, 4.69) is 10.5 Å². The van der Waals surface area contributed by atoms with Gasteiger partial charge in [0, 0.05) is 13.0 Å². The normalized spacial score (nSPS) is 14.0. The monoisotopic (exact) mass is 294 g/mol. The van der Waals surface area contributed by atoms with Gasteiger partial charge in [0.1, 0.15) is 11.3 Å². The molecule has 0 aromatic carbocycles. The molecule has 0 aliphatic carbocycles. The van der Waals surface area contributed by atoms with E-state index >= 15 is 0 Å². The molecule has 0 radical (unpaired) electrons. The molecule has 0 aliphatic heterocycles. The molecule has 2 N–H and O–H groups in total. The minimum atomic E-state index is -0.990. The summed E-state index contributed by atoms with van der Waals surface area (Å²) in [7, 11) is 0. The van der Waals surface area contributed by atoms with Gasteiger partial charge in [0.05, 0.1) is 11.3 Å². The Morgan fingerprint density at radius 3 is 2.85 bits per heavy atom. The first kappa shape index (κ1) is 14.7. The molecule has 1 unspecified atom stereocenters. The molecule has 2 aromatic rings. The molecule has 0 saturated heterocycles. The number of aliphatic hydroxyl groups is 1. The average Bonchev–Trinajstić information content (AvgIpc) is 2.97. The maximum atomic E-state index is 12.1. The maximum absolute atomic E-state index is 12.1. The van der Waals surface area contributed by atoms with Gasteiger partial charge in [-0.3, -0.25) is 4.79 Å². The van der Waals surface area contributed by atoms with E-state index in [4.69, 9.17) is 4.52 Å². The van der Waals surface area contributed by atoms with Crippen LogP contribution in [0.15, 0.2) is 21.3 Å². The first-order valence-electron chi connectivity index (χ1n) is 6.33. The molecule has 2 heterocycles. The summed E-state index contributed by atoms with van der Waals surface area (Å²) < 4.78 is 4.96. The van der Waals surface area contributed by atoms with Crippen molar-refractivity contribution < 1.29 is 14.4 Å². The van der Waals surface area contributed by atoms with Crippen molar-refractivity contribution in [2.75, 3.05) is 6.54 Å². The van der Waals surface area contributed by atoms with Crippen LogP contribution in [0.25, 0.3) is 0 Å². The Bertz CT molecular complexity index is 568. The van der Waals surface area contributed by atoms with Crippen molar-refractivity contribution in [2.45, 2.75) is 32.8 Å². The SMILES string of the molecule is Cc1noc(C)c1C(=O)NCC(C)(O)Cc1ccsc1. The number of hydrogen-bond acceptors (Lipinski definition) is 5. The number of nitrogens with zero attached hydrogens (tertiary/aromatic N) is 1. The molecule has 0 saturated carbocycles. The molecule has 1 atom stereocenters. The molecule has 0 aliphatic rings. The molecular weight excluding hydrogens is 276 g/mol. The summed E-state index contributed by atoms with van der Waals surface area (Å²) in [6.07, 6.45) is 0.498. The summed E-state index contributed by atoms with van der Waals surface area (Å²) in [6, 6.07) is 1.97. The number of aryl methyl sites for hydroxylation is 2. The van der Waals surface area contributed by atoms with Crippen LogP contribution in [-0.2, 0) is 6.42 Å². The van der Waals surface area contributed by atoms with E-state index in [1.807, 2.05) is 16.8 Å².